The average Bonchev–Trinajstić information content (AvgIpc) is 2.80. The maximum atomic E-state index is 9.15. The van der Waals surface area contributed by atoms with Crippen molar-refractivity contribution in [2.24, 2.45) is 5.92 Å². The van der Waals surface area contributed by atoms with Crippen molar-refractivity contribution in [2.75, 3.05) is 6.54 Å². The molecule has 1 saturated carbocycles. The lowest BCUT2D eigenvalue weighted by atomic mass is 10.0. The Morgan fingerprint density at radius 3 is 2.50 bits per heavy atom. The molecule has 2 heteroatoms. The Hall–Kier alpha value is -1.02. The first-order valence-electron chi connectivity index (χ1n) is 6.33. The van der Waals surface area contributed by atoms with Gasteiger partial charge in [0, 0.05) is 6.54 Å². The van der Waals surface area contributed by atoms with E-state index in [2.05, 4.69) is 5.32 Å². The van der Waals surface area contributed by atoms with E-state index < -0.39 is 0 Å². The van der Waals surface area contributed by atoms with Gasteiger partial charge in [-0.15, -0.1) is 0 Å². The maximum absolute atomic E-state index is 9.15. The van der Waals surface area contributed by atoms with E-state index in [4.69, 9.17) is 5.11 Å². The van der Waals surface area contributed by atoms with Gasteiger partial charge >= 0.3 is 0 Å². The lowest BCUT2D eigenvalue weighted by Crippen LogP contribution is -2.16. The molecule has 0 spiro atoms. The number of phenolic OH excluding ortho intramolecular Hbond substituents is 1. The number of nitrogens with one attached hydrogen (secondary N) is 1. The summed E-state index contributed by atoms with van der Waals surface area (Å²) in [7, 11) is 0. The number of hydrogen-bond acceptors (Lipinski definition) is 2. The van der Waals surface area contributed by atoms with Gasteiger partial charge in [-0.2, -0.15) is 0 Å². The fourth-order valence-electron chi connectivity index (χ4n) is 2.45. The molecule has 0 atom stereocenters. The Labute approximate surface area is 97.7 Å². The smallest absolute Gasteiger partial charge is 0.115 e. The quantitative estimate of drug-likeness (QED) is 0.746. The second kappa shape index (κ2) is 5.90. The summed E-state index contributed by atoms with van der Waals surface area (Å²) in [4.78, 5) is 0. The highest BCUT2D eigenvalue weighted by molar-refractivity contribution is 5.25. The maximum Gasteiger partial charge on any atom is 0.115 e. The zero-order valence-corrected chi connectivity index (χ0v) is 9.78. The molecular formula is C14H21NO. The van der Waals surface area contributed by atoms with Crippen LogP contribution in [-0.2, 0) is 6.54 Å². The highest BCUT2D eigenvalue weighted by atomic mass is 16.3. The molecule has 0 saturated heterocycles. The largest absolute Gasteiger partial charge is 0.508 e. The summed E-state index contributed by atoms with van der Waals surface area (Å²) in [5.41, 5.74) is 1.24. The summed E-state index contributed by atoms with van der Waals surface area (Å²) in [6.07, 6.45) is 7.05. The molecular weight excluding hydrogens is 198 g/mol. The normalized spacial score (nSPS) is 16.8. The second-order valence-electron chi connectivity index (χ2n) is 4.78. The van der Waals surface area contributed by atoms with Crippen molar-refractivity contribution in [1.29, 1.82) is 0 Å². The van der Waals surface area contributed by atoms with Crippen LogP contribution in [0.5, 0.6) is 5.75 Å². The molecule has 16 heavy (non-hydrogen) atoms. The van der Waals surface area contributed by atoms with Crippen LogP contribution in [0.3, 0.4) is 0 Å². The zero-order valence-electron chi connectivity index (χ0n) is 9.78. The third-order valence-corrected chi connectivity index (χ3v) is 3.47. The first-order chi connectivity index (χ1) is 7.84. The minimum absolute atomic E-state index is 0.342. The highest BCUT2D eigenvalue weighted by Crippen LogP contribution is 2.26. The first kappa shape index (κ1) is 11.5. The zero-order chi connectivity index (χ0) is 11.2. The lowest BCUT2D eigenvalue weighted by molar-refractivity contribution is 0.472. The average molecular weight is 219 g/mol. The molecule has 1 aliphatic rings. The van der Waals surface area contributed by atoms with Crippen LogP contribution in [0.1, 0.15) is 37.7 Å². The monoisotopic (exact) mass is 219 g/mol. The van der Waals surface area contributed by atoms with Gasteiger partial charge in [-0.3, -0.25) is 0 Å². The van der Waals surface area contributed by atoms with E-state index in [9.17, 15) is 0 Å². The molecule has 0 aliphatic heterocycles. The summed E-state index contributed by atoms with van der Waals surface area (Å²) < 4.78 is 0. The van der Waals surface area contributed by atoms with E-state index in [1.54, 1.807) is 12.1 Å². The Morgan fingerprint density at radius 2 is 1.81 bits per heavy atom. The van der Waals surface area contributed by atoms with Crippen molar-refractivity contribution >= 4 is 0 Å². The SMILES string of the molecule is Oc1ccc(CNCCC2CCCC2)cc1. The van der Waals surface area contributed by atoms with Crippen molar-refractivity contribution in [2.45, 2.75) is 38.6 Å². The van der Waals surface area contributed by atoms with Gasteiger partial charge in [-0.25, -0.2) is 0 Å². The lowest BCUT2D eigenvalue weighted by Gasteiger charge is -2.09. The summed E-state index contributed by atoms with van der Waals surface area (Å²) in [6.45, 7) is 2.03. The molecule has 2 N–H and O–H groups in total. The van der Waals surface area contributed by atoms with Crippen molar-refractivity contribution < 1.29 is 5.11 Å². The van der Waals surface area contributed by atoms with Crippen LogP contribution in [0.25, 0.3) is 0 Å². The molecule has 88 valence electrons. The van der Waals surface area contributed by atoms with Crippen LogP contribution in [0, 0.1) is 5.92 Å². The third-order valence-electron chi connectivity index (χ3n) is 3.47. The molecule has 1 aliphatic carbocycles. The molecule has 1 aromatic carbocycles. The van der Waals surface area contributed by atoms with Gasteiger partial charge in [0.25, 0.3) is 0 Å². The highest BCUT2D eigenvalue weighted by Gasteiger charge is 2.13. The van der Waals surface area contributed by atoms with Crippen LogP contribution in [0.4, 0.5) is 0 Å². The molecule has 0 heterocycles. The Balaban J connectivity index is 1.62. The van der Waals surface area contributed by atoms with Gasteiger partial charge in [0.1, 0.15) is 5.75 Å². The summed E-state index contributed by atoms with van der Waals surface area (Å²) in [6, 6.07) is 7.43. The molecule has 2 rings (SSSR count). The number of rotatable bonds is 5. The predicted molar refractivity (Wildman–Crippen MR) is 66.4 cm³/mol. The van der Waals surface area contributed by atoms with Gasteiger partial charge in [0.2, 0.25) is 0 Å². The molecule has 0 radical (unpaired) electrons. The first-order valence-corrected chi connectivity index (χ1v) is 6.33. The standard InChI is InChI=1S/C14H21NO/c16-14-7-5-13(6-8-14)11-15-10-9-12-3-1-2-4-12/h5-8,12,15-16H,1-4,9-11H2. The predicted octanol–water partition coefficient (Wildman–Crippen LogP) is 3.06. The van der Waals surface area contributed by atoms with Crippen LogP contribution in [0.15, 0.2) is 24.3 Å². The second-order valence-corrected chi connectivity index (χ2v) is 4.78. The van der Waals surface area contributed by atoms with Crippen molar-refractivity contribution in [1.82, 2.24) is 5.32 Å². The molecule has 0 aromatic heterocycles. The number of phenols is 1. The van der Waals surface area contributed by atoms with Crippen molar-refractivity contribution in [3.8, 4) is 5.75 Å². The molecule has 1 fully saturated rings. The van der Waals surface area contributed by atoms with Gasteiger partial charge in [-0.1, -0.05) is 37.8 Å². The molecule has 1 aromatic rings. The van der Waals surface area contributed by atoms with Crippen LogP contribution in [0.2, 0.25) is 0 Å². The number of hydrogen-bond donors (Lipinski definition) is 2. The van der Waals surface area contributed by atoms with E-state index >= 15 is 0 Å². The number of aromatic hydroxyl groups is 1. The molecule has 2 nitrogen and oxygen atoms in total. The van der Waals surface area contributed by atoms with E-state index in [0.717, 1.165) is 19.0 Å². The fourth-order valence-corrected chi connectivity index (χ4v) is 2.45. The minimum atomic E-state index is 0.342. The summed E-state index contributed by atoms with van der Waals surface area (Å²) in [5.74, 6) is 1.31. The van der Waals surface area contributed by atoms with Gasteiger partial charge in [0.15, 0.2) is 0 Å². The van der Waals surface area contributed by atoms with Gasteiger partial charge in [-0.05, 0) is 36.6 Å². The van der Waals surface area contributed by atoms with Crippen LogP contribution >= 0.6 is 0 Å². The van der Waals surface area contributed by atoms with Crippen LogP contribution < -0.4 is 5.32 Å². The number of benzene rings is 1. The fraction of sp³-hybridized carbons (Fsp3) is 0.571. The third kappa shape index (κ3) is 3.53. The van der Waals surface area contributed by atoms with Gasteiger partial charge < -0.3 is 10.4 Å². The van der Waals surface area contributed by atoms with E-state index in [1.807, 2.05) is 12.1 Å². The van der Waals surface area contributed by atoms with Crippen molar-refractivity contribution in [3.63, 3.8) is 0 Å². The molecule has 0 unspecified atom stereocenters. The summed E-state index contributed by atoms with van der Waals surface area (Å²) in [5, 5.41) is 12.6. The van der Waals surface area contributed by atoms with E-state index in [0.29, 0.717) is 5.75 Å². The van der Waals surface area contributed by atoms with Crippen molar-refractivity contribution in [3.05, 3.63) is 29.8 Å². The van der Waals surface area contributed by atoms with Gasteiger partial charge in [0.05, 0.1) is 0 Å². The Morgan fingerprint density at radius 1 is 1.12 bits per heavy atom. The molecule has 0 amide bonds. The summed E-state index contributed by atoms with van der Waals surface area (Å²) >= 11 is 0. The van der Waals surface area contributed by atoms with E-state index in [1.165, 1.54) is 37.7 Å². The topological polar surface area (TPSA) is 32.3 Å². The van der Waals surface area contributed by atoms with E-state index in [-0.39, 0.29) is 0 Å². The Kier molecular flexibility index (Phi) is 4.23. The minimum Gasteiger partial charge on any atom is -0.508 e. The Bertz CT molecular complexity index is 301. The van der Waals surface area contributed by atoms with Crippen LogP contribution in [-0.4, -0.2) is 11.7 Å². The molecule has 0 bridgehead atoms.